The molecule has 0 saturated carbocycles. The zero-order valence-corrected chi connectivity index (χ0v) is 7.84. The van der Waals surface area contributed by atoms with Crippen molar-refractivity contribution in [2.45, 2.75) is 32.6 Å². The fourth-order valence-electron chi connectivity index (χ4n) is 0.743. The maximum atomic E-state index is 10.7. The van der Waals surface area contributed by atoms with Crippen LogP contribution in [-0.4, -0.2) is 18.9 Å². The van der Waals surface area contributed by atoms with Gasteiger partial charge in [-0.05, 0) is 19.8 Å². The van der Waals surface area contributed by atoms with Gasteiger partial charge >= 0.3 is 5.97 Å². The summed E-state index contributed by atoms with van der Waals surface area (Å²) < 4.78 is 4.60. The highest BCUT2D eigenvalue weighted by Gasteiger charge is 1.91. The summed E-state index contributed by atoms with van der Waals surface area (Å²) in [4.78, 5) is 20.6. The monoisotopic (exact) mass is 182 g/mol. The van der Waals surface area contributed by atoms with Crippen molar-refractivity contribution in [2.75, 3.05) is 6.61 Å². The molecule has 0 rings (SSSR count). The van der Waals surface area contributed by atoms with E-state index in [9.17, 15) is 9.59 Å². The van der Waals surface area contributed by atoms with Crippen LogP contribution in [0.1, 0.15) is 32.6 Å². The van der Waals surface area contributed by atoms with Crippen LogP contribution in [0, 0.1) is 11.8 Å². The van der Waals surface area contributed by atoms with Gasteiger partial charge in [0.2, 0.25) is 0 Å². The van der Waals surface area contributed by atoms with Crippen molar-refractivity contribution < 1.29 is 14.3 Å². The summed E-state index contributed by atoms with van der Waals surface area (Å²) in [5, 5.41) is 0. The van der Waals surface area contributed by atoms with Crippen LogP contribution < -0.4 is 0 Å². The van der Waals surface area contributed by atoms with Gasteiger partial charge in [-0.3, -0.25) is 0 Å². The van der Waals surface area contributed by atoms with Gasteiger partial charge in [-0.25, -0.2) is 4.79 Å². The van der Waals surface area contributed by atoms with Gasteiger partial charge in [-0.15, -0.1) is 0 Å². The molecule has 0 aromatic rings. The second-order valence-corrected chi connectivity index (χ2v) is 2.43. The van der Waals surface area contributed by atoms with Gasteiger partial charge in [0, 0.05) is 18.8 Å². The predicted molar refractivity (Wildman–Crippen MR) is 48.9 cm³/mol. The fraction of sp³-hybridized carbons (Fsp3) is 0.600. The summed E-state index contributed by atoms with van der Waals surface area (Å²) in [6, 6.07) is 0. The molecule has 0 aliphatic rings. The van der Waals surface area contributed by atoms with Gasteiger partial charge < -0.3 is 9.53 Å². The van der Waals surface area contributed by atoms with Crippen molar-refractivity contribution in [3.8, 4) is 11.8 Å². The summed E-state index contributed by atoms with van der Waals surface area (Å²) in [6.45, 7) is 2.10. The van der Waals surface area contributed by atoms with E-state index in [1.165, 1.54) is 0 Å². The molecule has 0 aliphatic heterocycles. The number of carbonyl (C=O) groups is 2. The molecular weight excluding hydrogens is 168 g/mol. The standard InChI is InChI=1S/C10H14O3/c1-2-13-10(12)8-6-4-3-5-7-9-11/h9H,2-5,7H2,1H3. The van der Waals surface area contributed by atoms with E-state index in [4.69, 9.17) is 0 Å². The van der Waals surface area contributed by atoms with E-state index in [-0.39, 0.29) is 0 Å². The smallest absolute Gasteiger partial charge is 0.384 e. The second kappa shape index (κ2) is 8.79. The van der Waals surface area contributed by atoms with Gasteiger partial charge in [0.15, 0.2) is 0 Å². The van der Waals surface area contributed by atoms with Crippen LogP contribution in [0.3, 0.4) is 0 Å². The molecule has 0 aromatic carbocycles. The predicted octanol–water partition coefficient (Wildman–Crippen LogP) is 1.31. The van der Waals surface area contributed by atoms with Crippen molar-refractivity contribution in [1.29, 1.82) is 0 Å². The van der Waals surface area contributed by atoms with Crippen LogP contribution in [0.15, 0.2) is 0 Å². The van der Waals surface area contributed by atoms with Crippen LogP contribution in [0.5, 0.6) is 0 Å². The molecule has 72 valence electrons. The molecule has 0 heterocycles. The van der Waals surface area contributed by atoms with Gasteiger partial charge in [-0.2, -0.15) is 0 Å². The number of aldehydes is 1. The normalized spacial score (nSPS) is 8.38. The molecule has 0 aromatic heterocycles. The van der Waals surface area contributed by atoms with Crippen LogP contribution in [0.25, 0.3) is 0 Å². The highest BCUT2D eigenvalue weighted by Crippen LogP contribution is 1.95. The number of carbonyl (C=O) groups excluding carboxylic acids is 2. The van der Waals surface area contributed by atoms with Crippen molar-refractivity contribution in [3.63, 3.8) is 0 Å². The van der Waals surface area contributed by atoms with Gasteiger partial charge in [-0.1, -0.05) is 5.92 Å². The Balaban J connectivity index is 3.38. The first-order chi connectivity index (χ1) is 6.31. The van der Waals surface area contributed by atoms with Crippen molar-refractivity contribution in [2.24, 2.45) is 0 Å². The SMILES string of the molecule is CCOC(=O)C#CCCCCC=O. The summed E-state index contributed by atoms with van der Waals surface area (Å²) >= 11 is 0. The number of hydrogen-bond donors (Lipinski definition) is 0. The van der Waals surface area contributed by atoms with E-state index in [1.54, 1.807) is 6.92 Å². The first kappa shape index (κ1) is 11.7. The lowest BCUT2D eigenvalue weighted by Gasteiger charge is -1.91. The molecular formula is C10H14O3. The molecule has 3 nitrogen and oxygen atoms in total. The highest BCUT2D eigenvalue weighted by atomic mass is 16.5. The molecule has 0 bridgehead atoms. The second-order valence-electron chi connectivity index (χ2n) is 2.43. The maximum absolute atomic E-state index is 10.7. The number of rotatable bonds is 5. The van der Waals surface area contributed by atoms with Crippen LogP contribution in [-0.2, 0) is 14.3 Å². The molecule has 3 heteroatoms. The van der Waals surface area contributed by atoms with E-state index < -0.39 is 5.97 Å². The van der Waals surface area contributed by atoms with Crippen molar-refractivity contribution >= 4 is 12.3 Å². The summed E-state index contributed by atoms with van der Waals surface area (Å²) in [5.41, 5.74) is 0. The van der Waals surface area contributed by atoms with Crippen molar-refractivity contribution in [3.05, 3.63) is 0 Å². The Hall–Kier alpha value is -1.30. The van der Waals surface area contributed by atoms with Crippen molar-refractivity contribution in [1.82, 2.24) is 0 Å². The van der Waals surface area contributed by atoms with Crippen LogP contribution in [0.2, 0.25) is 0 Å². The van der Waals surface area contributed by atoms with E-state index >= 15 is 0 Å². The molecule has 0 aliphatic carbocycles. The first-order valence-electron chi connectivity index (χ1n) is 4.40. The van der Waals surface area contributed by atoms with E-state index in [1.807, 2.05) is 0 Å². The lowest BCUT2D eigenvalue weighted by Crippen LogP contribution is -1.99. The van der Waals surface area contributed by atoms with Gasteiger partial charge in [0.1, 0.15) is 6.29 Å². The minimum atomic E-state index is -0.474. The molecule has 0 saturated heterocycles. The summed E-state index contributed by atoms with van der Waals surface area (Å²) in [6.07, 6.45) is 3.79. The largest absolute Gasteiger partial charge is 0.456 e. The van der Waals surface area contributed by atoms with Crippen LogP contribution >= 0.6 is 0 Å². The summed E-state index contributed by atoms with van der Waals surface area (Å²) in [7, 11) is 0. The molecule has 0 amide bonds. The number of esters is 1. The number of ether oxygens (including phenoxy) is 1. The molecule has 0 unspecified atom stereocenters. The molecule has 0 spiro atoms. The van der Waals surface area contributed by atoms with E-state index in [2.05, 4.69) is 16.6 Å². The maximum Gasteiger partial charge on any atom is 0.384 e. The minimum absolute atomic E-state index is 0.360. The zero-order chi connectivity index (χ0) is 9.94. The van der Waals surface area contributed by atoms with E-state index in [0.717, 1.165) is 19.1 Å². The molecule has 13 heavy (non-hydrogen) atoms. The quantitative estimate of drug-likeness (QED) is 0.212. The topological polar surface area (TPSA) is 43.4 Å². The Kier molecular flexibility index (Phi) is 7.91. The number of unbranched alkanes of at least 4 members (excludes halogenated alkanes) is 3. The molecule has 0 N–H and O–H groups in total. The average Bonchev–Trinajstić information content (AvgIpc) is 2.11. The zero-order valence-electron chi connectivity index (χ0n) is 7.84. The van der Waals surface area contributed by atoms with Crippen LogP contribution in [0.4, 0.5) is 0 Å². The number of hydrogen-bond acceptors (Lipinski definition) is 3. The highest BCUT2D eigenvalue weighted by molar-refractivity contribution is 5.88. The first-order valence-corrected chi connectivity index (χ1v) is 4.40. The third-order valence-corrected chi connectivity index (χ3v) is 1.34. The Bertz CT molecular complexity index is 210. The molecule has 0 atom stereocenters. The third-order valence-electron chi connectivity index (χ3n) is 1.34. The summed E-state index contributed by atoms with van der Waals surface area (Å²) in [5.74, 6) is 4.58. The third kappa shape index (κ3) is 8.61. The fourth-order valence-corrected chi connectivity index (χ4v) is 0.743. The average molecular weight is 182 g/mol. The minimum Gasteiger partial charge on any atom is -0.456 e. The Morgan fingerprint density at radius 1 is 1.46 bits per heavy atom. The van der Waals surface area contributed by atoms with Gasteiger partial charge in [0.25, 0.3) is 0 Å². The Morgan fingerprint density at radius 3 is 2.85 bits per heavy atom. The van der Waals surface area contributed by atoms with E-state index in [0.29, 0.717) is 19.4 Å². The Labute approximate surface area is 78.5 Å². The lowest BCUT2D eigenvalue weighted by molar-refractivity contribution is -0.136. The Morgan fingerprint density at radius 2 is 2.23 bits per heavy atom. The lowest BCUT2D eigenvalue weighted by atomic mass is 10.2. The van der Waals surface area contributed by atoms with Gasteiger partial charge in [0.05, 0.1) is 6.61 Å². The molecule has 0 radical (unpaired) electrons. The molecule has 0 fully saturated rings.